The number of nitrogens with two attached hydrogens (primary N) is 1. The second-order valence-corrected chi connectivity index (χ2v) is 4.68. The number of benzene rings is 1. The molecule has 1 aromatic rings. The molecule has 0 radical (unpaired) electrons. The number of rotatable bonds is 5. The first kappa shape index (κ1) is 14.5. The number of nitrogens with zero attached hydrogens (tertiary/aromatic N) is 1. The van der Waals surface area contributed by atoms with Gasteiger partial charge in [-0.1, -0.05) is 19.1 Å². The topological polar surface area (TPSA) is 58.4 Å². The number of carbonyl (C=O) groups excluding carboxylic acids is 1. The van der Waals surface area contributed by atoms with Gasteiger partial charge in [-0.2, -0.15) is 0 Å². The Morgan fingerprint density at radius 2 is 2.00 bits per heavy atom. The predicted octanol–water partition coefficient (Wildman–Crippen LogP) is 2.33. The van der Waals surface area contributed by atoms with Crippen LogP contribution in [0.1, 0.15) is 27.2 Å². The lowest BCUT2D eigenvalue weighted by Crippen LogP contribution is -2.44. The molecule has 0 bridgehead atoms. The molecule has 1 rings (SSSR count). The van der Waals surface area contributed by atoms with Gasteiger partial charge in [0.15, 0.2) is 0 Å². The molecular weight excluding hydrogens is 226 g/mol. The van der Waals surface area contributed by atoms with Crippen molar-refractivity contribution in [2.24, 2.45) is 0 Å². The molecular formula is C14H23N3O. The number of carbonyl (C=O) groups is 1. The van der Waals surface area contributed by atoms with Crippen LogP contribution in [0.5, 0.6) is 0 Å². The zero-order valence-corrected chi connectivity index (χ0v) is 11.6. The van der Waals surface area contributed by atoms with Gasteiger partial charge in [0.1, 0.15) is 0 Å². The lowest BCUT2D eigenvalue weighted by molar-refractivity contribution is -0.120. The number of para-hydroxylation sites is 2. The van der Waals surface area contributed by atoms with Gasteiger partial charge in [-0.15, -0.1) is 0 Å². The molecule has 18 heavy (non-hydrogen) atoms. The summed E-state index contributed by atoms with van der Waals surface area (Å²) in [6, 6.07) is 7.48. The summed E-state index contributed by atoms with van der Waals surface area (Å²) < 4.78 is 0. The first-order valence-corrected chi connectivity index (χ1v) is 6.34. The number of likely N-dealkylation sites (N-methyl/N-ethyl adjacent to an activating group) is 1. The molecule has 0 saturated carbocycles. The average molecular weight is 249 g/mol. The Morgan fingerprint density at radius 3 is 2.56 bits per heavy atom. The summed E-state index contributed by atoms with van der Waals surface area (Å²) in [5, 5.41) is 2.86. The Balaban J connectivity index is 2.68. The minimum absolute atomic E-state index is 0.0318. The summed E-state index contributed by atoms with van der Waals surface area (Å²) in [6.07, 6.45) is 1.02. The minimum atomic E-state index is -0.181. The van der Waals surface area contributed by atoms with Gasteiger partial charge in [-0.05, 0) is 39.4 Å². The van der Waals surface area contributed by atoms with E-state index in [1.165, 1.54) is 0 Å². The van der Waals surface area contributed by atoms with Crippen LogP contribution < -0.4 is 11.1 Å². The number of hydrogen-bond donors (Lipinski definition) is 2. The lowest BCUT2D eigenvalue weighted by atomic mass is 10.1. The van der Waals surface area contributed by atoms with Crippen molar-refractivity contribution in [2.45, 2.75) is 39.3 Å². The largest absolute Gasteiger partial charge is 0.397 e. The molecule has 0 aromatic heterocycles. The summed E-state index contributed by atoms with van der Waals surface area (Å²) in [5.41, 5.74) is 7.06. The predicted molar refractivity (Wildman–Crippen MR) is 76.5 cm³/mol. The van der Waals surface area contributed by atoms with Crippen LogP contribution in [0.3, 0.4) is 0 Å². The average Bonchev–Trinajstić information content (AvgIpc) is 2.38. The molecule has 3 N–H and O–H groups in total. The number of nitrogen functional groups attached to an aromatic ring is 1. The Morgan fingerprint density at radius 1 is 1.39 bits per heavy atom. The number of hydrogen-bond acceptors (Lipinski definition) is 3. The van der Waals surface area contributed by atoms with Gasteiger partial charge in [0.2, 0.25) is 5.91 Å². The van der Waals surface area contributed by atoms with Crippen LogP contribution in [0, 0.1) is 0 Å². The van der Waals surface area contributed by atoms with Gasteiger partial charge in [0, 0.05) is 6.04 Å². The third-order valence-electron chi connectivity index (χ3n) is 3.50. The maximum absolute atomic E-state index is 12.1. The zero-order valence-electron chi connectivity index (χ0n) is 11.6. The third-order valence-corrected chi connectivity index (χ3v) is 3.50. The highest BCUT2D eigenvalue weighted by Gasteiger charge is 2.21. The van der Waals surface area contributed by atoms with E-state index in [0.29, 0.717) is 17.4 Å². The van der Waals surface area contributed by atoms with Crippen LogP contribution in [0.4, 0.5) is 11.4 Å². The van der Waals surface area contributed by atoms with Crippen molar-refractivity contribution in [1.82, 2.24) is 4.90 Å². The van der Waals surface area contributed by atoms with Gasteiger partial charge < -0.3 is 11.1 Å². The van der Waals surface area contributed by atoms with Crippen molar-refractivity contribution in [1.29, 1.82) is 0 Å². The van der Waals surface area contributed by atoms with E-state index in [1.807, 2.05) is 32.2 Å². The van der Waals surface area contributed by atoms with Crippen molar-refractivity contribution in [3.05, 3.63) is 24.3 Å². The standard InChI is InChI=1S/C14H23N3O/c1-5-10(2)17(4)11(3)14(18)16-13-9-7-6-8-12(13)15/h6-11H,5,15H2,1-4H3,(H,16,18). The summed E-state index contributed by atoms with van der Waals surface area (Å²) in [4.78, 5) is 14.2. The molecule has 0 spiro atoms. The molecule has 0 fully saturated rings. The fourth-order valence-electron chi connectivity index (χ4n) is 1.70. The smallest absolute Gasteiger partial charge is 0.241 e. The van der Waals surface area contributed by atoms with Crippen molar-refractivity contribution in [3.8, 4) is 0 Å². The van der Waals surface area contributed by atoms with Crippen molar-refractivity contribution in [3.63, 3.8) is 0 Å². The first-order valence-electron chi connectivity index (χ1n) is 6.34. The summed E-state index contributed by atoms with van der Waals surface area (Å²) in [5.74, 6) is -0.0318. The molecule has 4 nitrogen and oxygen atoms in total. The molecule has 0 aliphatic heterocycles. The lowest BCUT2D eigenvalue weighted by Gasteiger charge is -2.29. The summed E-state index contributed by atoms with van der Waals surface area (Å²) in [7, 11) is 1.97. The van der Waals surface area contributed by atoms with Crippen LogP contribution >= 0.6 is 0 Å². The van der Waals surface area contributed by atoms with E-state index in [4.69, 9.17) is 5.73 Å². The van der Waals surface area contributed by atoms with Crippen LogP contribution in [-0.4, -0.2) is 29.9 Å². The molecule has 4 heteroatoms. The van der Waals surface area contributed by atoms with Crippen LogP contribution in [0.15, 0.2) is 24.3 Å². The highest BCUT2D eigenvalue weighted by atomic mass is 16.2. The van der Waals surface area contributed by atoms with Crippen LogP contribution in [-0.2, 0) is 4.79 Å². The highest BCUT2D eigenvalue weighted by Crippen LogP contribution is 2.17. The van der Waals surface area contributed by atoms with Gasteiger partial charge in [0.05, 0.1) is 17.4 Å². The molecule has 0 heterocycles. The number of anilines is 2. The summed E-state index contributed by atoms with van der Waals surface area (Å²) >= 11 is 0. The molecule has 1 aromatic carbocycles. The highest BCUT2D eigenvalue weighted by molar-refractivity contribution is 5.97. The third kappa shape index (κ3) is 3.47. The zero-order chi connectivity index (χ0) is 13.7. The molecule has 100 valence electrons. The molecule has 0 saturated heterocycles. The van der Waals surface area contributed by atoms with Crippen molar-refractivity contribution in [2.75, 3.05) is 18.1 Å². The molecule has 0 aliphatic carbocycles. The van der Waals surface area contributed by atoms with Crippen molar-refractivity contribution < 1.29 is 4.79 Å². The molecule has 1 amide bonds. The Bertz CT molecular complexity index is 406. The van der Waals surface area contributed by atoms with E-state index >= 15 is 0 Å². The Labute approximate surface area is 109 Å². The number of nitrogens with one attached hydrogen (secondary N) is 1. The maximum atomic E-state index is 12.1. The monoisotopic (exact) mass is 249 g/mol. The minimum Gasteiger partial charge on any atom is -0.397 e. The Hall–Kier alpha value is -1.55. The molecule has 0 aliphatic rings. The van der Waals surface area contributed by atoms with Gasteiger partial charge in [-0.3, -0.25) is 9.69 Å². The number of amides is 1. The van der Waals surface area contributed by atoms with E-state index in [9.17, 15) is 4.79 Å². The van der Waals surface area contributed by atoms with E-state index in [1.54, 1.807) is 6.07 Å². The molecule has 2 unspecified atom stereocenters. The fourth-order valence-corrected chi connectivity index (χ4v) is 1.70. The van der Waals surface area contributed by atoms with Gasteiger partial charge in [0.25, 0.3) is 0 Å². The van der Waals surface area contributed by atoms with E-state index in [0.717, 1.165) is 6.42 Å². The second-order valence-electron chi connectivity index (χ2n) is 4.68. The molecule has 2 atom stereocenters. The van der Waals surface area contributed by atoms with Crippen LogP contribution in [0.25, 0.3) is 0 Å². The quantitative estimate of drug-likeness (QED) is 0.787. The van der Waals surface area contributed by atoms with E-state index < -0.39 is 0 Å². The van der Waals surface area contributed by atoms with Gasteiger partial charge >= 0.3 is 0 Å². The fraction of sp³-hybridized carbons (Fsp3) is 0.500. The second kappa shape index (κ2) is 6.40. The van der Waals surface area contributed by atoms with Crippen molar-refractivity contribution >= 4 is 17.3 Å². The van der Waals surface area contributed by atoms with Crippen LogP contribution in [0.2, 0.25) is 0 Å². The van der Waals surface area contributed by atoms with E-state index in [-0.39, 0.29) is 11.9 Å². The Kier molecular flexibility index (Phi) is 5.16. The maximum Gasteiger partial charge on any atom is 0.241 e. The van der Waals surface area contributed by atoms with E-state index in [2.05, 4.69) is 24.1 Å². The SMILES string of the molecule is CCC(C)N(C)C(C)C(=O)Nc1ccccc1N. The normalized spacial score (nSPS) is 14.3. The first-order chi connectivity index (χ1) is 8.47. The summed E-state index contributed by atoms with van der Waals surface area (Å²) in [6.45, 7) is 6.13. The van der Waals surface area contributed by atoms with Gasteiger partial charge in [-0.25, -0.2) is 0 Å².